The fourth-order valence-corrected chi connectivity index (χ4v) is 2.16. The number of nitrogens with zero attached hydrogens (tertiary/aromatic N) is 2. The highest BCUT2D eigenvalue weighted by Gasteiger charge is 2.35. The van der Waals surface area contributed by atoms with E-state index in [0.29, 0.717) is 25.6 Å². The second kappa shape index (κ2) is 5.36. The molecule has 1 aromatic heterocycles. The van der Waals surface area contributed by atoms with Crippen molar-refractivity contribution in [2.24, 2.45) is 0 Å². The van der Waals surface area contributed by atoms with Gasteiger partial charge in [-0.05, 0) is 12.5 Å². The van der Waals surface area contributed by atoms with E-state index in [1.54, 1.807) is 11.1 Å². The van der Waals surface area contributed by atoms with Crippen LogP contribution in [0.25, 0.3) is 0 Å². The van der Waals surface area contributed by atoms with Gasteiger partial charge in [-0.15, -0.1) is 0 Å². The van der Waals surface area contributed by atoms with Crippen molar-refractivity contribution >= 4 is 6.09 Å². The SMILES string of the molecule is Cc1cnc(C2CN(C(=O)OCc3ccccc3)C2)o1. The molecule has 1 fully saturated rings. The van der Waals surface area contributed by atoms with E-state index in [9.17, 15) is 4.79 Å². The van der Waals surface area contributed by atoms with Crippen molar-refractivity contribution in [3.05, 3.63) is 53.7 Å². The molecule has 1 aromatic carbocycles. The first-order valence-electron chi connectivity index (χ1n) is 6.60. The summed E-state index contributed by atoms with van der Waals surface area (Å²) in [4.78, 5) is 17.7. The number of aromatic nitrogens is 1. The van der Waals surface area contributed by atoms with Crippen LogP contribution in [0.2, 0.25) is 0 Å². The maximum Gasteiger partial charge on any atom is 0.410 e. The van der Waals surface area contributed by atoms with Crippen LogP contribution in [-0.2, 0) is 11.3 Å². The second-order valence-electron chi connectivity index (χ2n) is 4.95. The second-order valence-corrected chi connectivity index (χ2v) is 4.95. The Morgan fingerprint density at radius 3 is 2.80 bits per heavy atom. The Morgan fingerprint density at radius 1 is 1.40 bits per heavy atom. The zero-order chi connectivity index (χ0) is 13.9. The van der Waals surface area contributed by atoms with Crippen LogP contribution in [0.4, 0.5) is 4.79 Å². The minimum absolute atomic E-state index is 0.188. The molecule has 20 heavy (non-hydrogen) atoms. The fraction of sp³-hybridized carbons (Fsp3) is 0.333. The molecule has 0 N–H and O–H groups in total. The summed E-state index contributed by atoms with van der Waals surface area (Å²) in [6, 6.07) is 9.65. The van der Waals surface area contributed by atoms with Crippen LogP contribution in [0.15, 0.2) is 40.9 Å². The van der Waals surface area contributed by atoms with Crippen molar-refractivity contribution in [3.63, 3.8) is 0 Å². The molecule has 104 valence electrons. The highest BCUT2D eigenvalue weighted by Crippen LogP contribution is 2.27. The zero-order valence-corrected chi connectivity index (χ0v) is 11.3. The average molecular weight is 272 g/mol. The molecule has 2 aromatic rings. The lowest BCUT2D eigenvalue weighted by atomic mass is 10.0. The summed E-state index contributed by atoms with van der Waals surface area (Å²) in [7, 11) is 0. The number of hydrogen-bond acceptors (Lipinski definition) is 4. The molecular formula is C15H16N2O3. The normalized spacial score (nSPS) is 14.9. The van der Waals surface area contributed by atoms with Crippen LogP contribution in [0, 0.1) is 6.92 Å². The van der Waals surface area contributed by atoms with Crippen LogP contribution >= 0.6 is 0 Å². The predicted molar refractivity (Wildman–Crippen MR) is 72.2 cm³/mol. The molecule has 0 aliphatic carbocycles. The number of likely N-dealkylation sites (tertiary alicyclic amines) is 1. The third-order valence-corrected chi connectivity index (χ3v) is 3.33. The van der Waals surface area contributed by atoms with Gasteiger partial charge in [0.05, 0.1) is 12.1 Å². The molecule has 0 radical (unpaired) electrons. The molecule has 0 unspecified atom stereocenters. The van der Waals surface area contributed by atoms with E-state index in [2.05, 4.69) is 4.98 Å². The molecule has 0 bridgehead atoms. The highest BCUT2D eigenvalue weighted by atomic mass is 16.6. The Labute approximate surface area is 117 Å². The monoisotopic (exact) mass is 272 g/mol. The van der Waals surface area contributed by atoms with Crippen LogP contribution in [0.5, 0.6) is 0 Å². The minimum Gasteiger partial charge on any atom is -0.446 e. The number of carbonyl (C=O) groups excluding carboxylic acids is 1. The van der Waals surface area contributed by atoms with E-state index in [1.807, 2.05) is 37.3 Å². The average Bonchev–Trinajstić information content (AvgIpc) is 2.82. The van der Waals surface area contributed by atoms with Crippen LogP contribution in [0.3, 0.4) is 0 Å². The molecule has 0 spiro atoms. The third kappa shape index (κ3) is 2.66. The van der Waals surface area contributed by atoms with Gasteiger partial charge in [0.15, 0.2) is 0 Å². The molecule has 5 nitrogen and oxygen atoms in total. The first-order valence-corrected chi connectivity index (χ1v) is 6.60. The Morgan fingerprint density at radius 2 is 2.15 bits per heavy atom. The van der Waals surface area contributed by atoms with E-state index < -0.39 is 0 Å². The molecule has 5 heteroatoms. The summed E-state index contributed by atoms with van der Waals surface area (Å²) >= 11 is 0. The molecule has 1 saturated heterocycles. The summed E-state index contributed by atoms with van der Waals surface area (Å²) in [5, 5.41) is 0. The standard InChI is InChI=1S/C15H16N2O3/c1-11-7-16-14(20-11)13-8-17(9-13)15(18)19-10-12-5-3-2-4-6-12/h2-7,13H,8-10H2,1H3. The number of rotatable bonds is 3. The van der Waals surface area contributed by atoms with Gasteiger partial charge in [-0.25, -0.2) is 9.78 Å². The topological polar surface area (TPSA) is 55.6 Å². The van der Waals surface area contributed by atoms with E-state index in [0.717, 1.165) is 11.3 Å². The highest BCUT2D eigenvalue weighted by molar-refractivity contribution is 5.69. The number of amides is 1. The van der Waals surface area contributed by atoms with Gasteiger partial charge in [-0.2, -0.15) is 0 Å². The van der Waals surface area contributed by atoms with E-state index in [4.69, 9.17) is 9.15 Å². The van der Waals surface area contributed by atoms with Crippen LogP contribution in [0.1, 0.15) is 23.1 Å². The number of ether oxygens (including phenoxy) is 1. The van der Waals surface area contributed by atoms with Gasteiger partial charge in [0.2, 0.25) is 5.89 Å². The molecule has 0 saturated carbocycles. The van der Waals surface area contributed by atoms with Crippen LogP contribution < -0.4 is 0 Å². The summed E-state index contributed by atoms with van der Waals surface area (Å²) < 4.78 is 10.7. The van der Waals surface area contributed by atoms with Gasteiger partial charge in [0.25, 0.3) is 0 Å². The van der Waals surface area contributed by atoms with Crippen molar-refractivity contribution < 1.29 is 13.9 Å². The Hall–Kier alpha value is -2.30. The zero-order valence-electron chi connectivity index (χ0n) is 11.3. The lowest BCUT2D eigenvalue weighted by Crippen LogP contribution is -2.48. The molecule has 3 rings (SSSR count). The Balaban J connectivity index is 1.46. The van der Waals surface area contributed by atoms with Gasteiger partial charge in [0, 0.05) is 13.1 Å². The Bertz CT molecular complexity index is 588. The van der Waals surface area contributed by atoms with E-state index >= 15 is 0 Å². The first kappa shape index (κ1) is 12.7. The molecule has 0 atom stereocenters. The summed E-state index contributed by atoms with van der Waals surface area (Å²) in [6.45, 7) is 3.38. The smallest absolute Gasteiger partial charge is 0.410 e. The predicted octanol–water partition coefficient (Wildman–Crippen LogP) is 2.72. The lowest BCUT2D eigenvalue weighted by molar-refractivity contribution is 0.0616. The molecule has 1 amide bonds. The number of aryl methyl sites for hydroxylation is 1. The van der Waals surface area contributed by atoms with Crippen LogP contribution in [-0.4, -0.2) is 29.1 Å². The van der Waals surface area contributed by atoms with Crippen molar-refractivity contribution in [1.82, 2.24) is 9.88 Å². The van der Waals surface area contributed by atoms with Gasteiger partial charge in [-0.3, -0.25) is 0 Å². The van der Waals surface area contributed by atoms with Gasteiger partial charge in [0.1, 0.15) is 12.4 Å². The Kier molecular flexibility index (Phi) is 3.41. The van der Waals surface area contributed by atoms with Crippen molar-refractivity contribution in [2.75, 3.05) is 13.1 Å². The number of hydrogen-bond donors (Lipinski definition) is 0. The van der Waals surface area contributed by atoms with Crippen molar-refractivity contribution in [2.45, 2.75) is 19.4 Å². The maximum absolute atomic E-state index is 11.8. The first-order chi connectivity index (χ1) is 9.72. The largest absolute Gasteiger partial charge is 0.446 e. The number of carbonyl (C=O) groups is 1. The minimum atomic E-state index is -0.284. The fourth-order valence-electron chi connectivity index (χ4n) is 2.16. The molecular weight excluding hydrogens is 256 g/mol. The summed E-state index contributed by atoms with van der Waals surface area (Å²) in [6.07, 6.45) is 1.42. The van der Waals surface area contributed by atoms with E-state index in [1.165, 1.54) is 0 Å². The van der Waals surface area contributed by atoms with Crippen molar-refractivity contribution in [1.29, 1.82) is 0 Å². The van der Waals surface area contributed by atoms with E-state index in [-0.39, 0.29) is 12.0 Å². The molecule has 1 aliphatic heterocycles. The molecule has 1 aliphatic rings. The lowest BCUT2D eigenvalue weighted by Gasteiger charge is -2.36. The summed E-state index contributed by atoms with van der Waals surface area (Å²) in [5.41, 5.74) is 0.987. The number of benzene rings is 1. The maximum atomic E-state index is 11.8. The number of oxazole rings is 1. The summed E-state index contributed by atoms with van der Waals surface area (Å²) in [5.74, 6) is 1.69. The third-order valence-electron chi connectivity index (χ3n) is 3.33. The van der Waals surface area contributed by atoms with Crippen molar-refractivity contribution in [3.8, 4) is 0 Å². The van der Waals surface area contributed by atoms with Gasteiger partial charge >= 0.3 is 6.09 Å². The quantitative estimate of drug-likeness (QED) is 0.862. The molecule has 2 heterocycles. The van der Waals surface area contributed by atoms with Gasteiger partial charge < -0.3 is 14.1 Å². The van der Waals surface area contributed by atoms with Gasteiger partial charge in [-0.1, -0.05) is 30.3 Å².